The Morgan fingerprint density at radius 3 is 2.96 bits per heavy atom. The van der Waals surface area contributed by atoms with Gasteiger partial charge in [-0.05, 0) is 37.8 Å². The van der Waals surface area contributed by atoms with Crippen molar-refractivity contribution < 1.29 is 14.3 Å². The molecule has 1 aliphatic carbocycles. The summed E-state index contributed by atoms with van der Waals surface area (Å²) in [6, 6.07) is 3.54. The number of carbonyl (C=O) groups excluding carboxylic acids is 2. The van der Waals surface area contributed by atoms with E-state index in [-0.39, 0.29) is 35.4 Å². The number of allylic oxidation sites excluding steroid dienone is 2. The first-order valence-electron chi connectivity index (χ1n) is 9.96. The molecule has 6 nitrogen and oxygen atoms in total. The Hall–Kier alpha value is -2.21. The van der Waals surface area contributed by atoms with Crippen molar-refractivity contribution >= 4 is 11.8 Å². The summed E-state index contributed by atoms with van der Waals surface area (Å²) in [5.41, 5.74) is 0.393. The number of hydrogen-bond donors (Lipinski definition) is 1. The standard InChI is InChI=1S/C21H25N3O3/c25-19(15-6-3-9-22-10-15)23-11-16-17-12-24(20(26)14-4-1-2-5-14)13-21(17)8-7-18(16)27-21/h1-3,6,9-10,14,16-18H,4-5,7-8,11-13H2,(H,23,25)/t16-,17+,18+,21+/m0/s1. The second kappa shape index (κ2) is 6.44. The smallest absolute Gasteiger partial charge is 0.252 e. The third-order valence-electron chi connectivity index (χ3n) is 6.87. The zero-order chi connectivity index (χ0) is 18.4. The van der Waals surface area contributed by atoms with E-state index in [1.54, 1.807) is 24.5 Å². The molecule has 3 saturated heterocycles. The summed E-state index contributed by atoms with van der Waals surface area (Å²) in [6.07, 6.45) is 11.4. The zero-order valence-electron chi connectivity index (χ0n) is 15.3. The van der Waals surface area contributed by atoms with Crippen LogP contribution in [-0.2, 0) is 9.53 Å². The molecule has 3 fully saturated rings. The number of hydrogen-bond acceptors (Lipinski definition) is 4. The Kier molecular flexibility index (Phi) is 4.04. The number of pyridine rings is 1. The molecule has 4 aliphatic rings. The molecule has 0 saturated carbocycles. The molecule has 27 heavy (non-hydrogen) atoms. The van der Waals surface area contributed by atoms with Crippen LogP contribution in [0.3, 0.4) is 0 Å². The second-order valence-corrected chi connectivity index (χ2v) is 8.34. The van der Waals surface area contributed by atoms with Crippen LogP contribution < -0.4 is 5.32 Å². The number of likely N-dealkylation sites (tertiary alicyclic amines) is 1. The van der Waals surface area contributed by atoms with Gasteiger partial charge in [-0.25, -0.2) is 0 Å². The first-order chi connectivity index (χ1) is 13.2. The van der Waals surface area contributed by atoms with Gasteiger partial charge in [0, 0.05) is 43.2 Å². The summed E-state index contributed by atoms with van der Waals surface area (Å²) < 4.78 is 6.40. The van der Waals surface area contributed by atoms with E-state index in [0.29, 0.717) is 18.0 Å². The molecule has 2 amide bonds. The van der Waals surface area contributed by atoms with Crippen molar-refractivity contribution in [2.24, 2.45) is 17.8 Å². The van der Waals surface area contributed by atoms with E-state index in [2.05, 4.69) is 22.5 Å². The predicted octanol–water partition coefficient (Wildman–Crippen LogP) is 1.78. The highest BCUT2D eigenvalue weighted by molar-refractivity contribution is 5.93. The Bertz CT molecular complexity index is 772. The lowest BCUT2D eigenvalue weighted by atomic mass is 9.73. The molecule has 142 valence electrons. The maximum atomic E-state index is 12.9. The van der Waals surface area contributed by atoms with Gasteiger partial charge in [0.2, 0.25) is 5.91 Å². The maximum Gasteiger partial charge on any atom is 0.252 e. The minimum absolute atomic E-state index is 0.0946. The third kappa shape index (κ3) is 2.78. The number of ether oxygens (including phenoxy) is 1. The van der Waals surface area contributed by atoms with E-state index in [9.17, 15) is 9.59 Å². The third-order valence-corrected chi connectivity index (χ3v) is 6.87. The minimum Gasteiger partial charge on any atom is -0.369 e. The van der Waals surface area contributed by atoms with Gasteiger partial charge in [0.1, 0.15) is 0 Å². The van der Waals surface area contributed by atoms with Gasteiger partial charge in [-0.2, -0.15) is 0 Å². The predicted molar refractivity (Wildman–Crippen MR) is 98.8 cm³/mol. The van der Waals surface area contributed by atoms with E-state index in [4.69, 9.17) is 4.74 Å². The molecule has 0 unspecified atom stereocenters. The van der Waals surface area contributed by atoms with Crippen LogP contribution in [-0.4, -0.2) is 53.0 Å². The summed E-state index contributed by atoms with van der Waals surface area (Å²) in [5, 5.41) is 3.06. The molecular weight excluding hydrogens is 342 g/mol. The molecule has 4 heterocycles. The van der Waals surface area contributed by atoms with Crippen molar-refractivity contribution in [2.45, 2.75) is 37.4 Å². The maximum absolute atomic E-state index is 12.9. The first-order valence-corrected chi connectivity index (χ1v) is 9.96. The molecule has 1 spiro atoms. The Morgan fingerprint density at radius 2 is 2.19 bits per heavy atom. The molecule has 2 bridgehead atoms. The molecule has 4 atom stereocenters. The Labute approximate surface area is 159 Å². The van der Waals surface area contributed by atoms with Gasteiger partial charge in [-0.15, -0.1) is 0 Å². The monoisotopic (exact) mass is 367 g/mol. The van der Waals surface area contributed by atoms with Crippen LogP contribution in [0, 0.1) is 17.8 Å². The average Bonchev–Trinajstić information content (AvgIpc) is 3.47. The largest absolute Gasteiger partial charge is 0.369 e. The molecule has 0 aromatic carbocycles. The lowest BCUT2D eigenvalue weighted by Gasteiger charge is -2.29. The van der Waals surface area contributed by atoms with E-state index < -0.39 is 0 Å². The second-order valence-electron chi connectivity index (χ2n) is 8.34. The lowest BCUT2D eigenvalue weighted by Crippen LogP contribution is -2.41. The SMILES string of the molecule is O=C(NC[C@H]1[C@H]2CN(C(=O)C3CC=CC3)C[C@]23CC[C@H]1O3)c1cccnc1. The van der Waals surface area contributed by atoms with Crippen LogP contribution in [0.2, 0.25) is 0 Å². The van der Waals surface area contributed by atoms with Crippen LogP contribution in [0.25, 0.3) is 0 Å². The summed E-state index contributed by atoms with van der Waals surface area (Å²) in [4.78, 5) is 31.3. The van der Waals surface area contributed by atoms with Gasteiger partial charge in [0.25, 0.3) is 5.91 Å². The summed E-state index contributed by atoms with van der Waals surface area (Å²) in [5.74, 6) is 0.889. The average molecular weight is 367 g/mol. The normalized spacial score (nSPS) is 34.2. The number of aromatic nitrogens is 1. The van der Waals surface area contributed by atoms with E-state index >= 15 is 0 Å². The quantitative estimate of drug-likeness (QED) is 0.824. The molecule has 5 rings (SSSR count). The van der Waals surface area contributed by atoms with Gasteiger partial charge in [-0.1, -0.05) is 12.2 Å². The van der Waals surface area contributed by atoms with Crippen LogP contribution in [0.15, 0.2) is 36.7 Å². The molecule has 0 radical (unpaired) electrons. The fraction of sp³-hybridized carbons (Fsp3) is 0.571. The topological polar surface area (TPSA) is 71.5 Å². The highest BCUT2D eigenvalue weighted by Gasteiger charge is 2.63. The highest BCUT2D eigenvalue weighted by atomic mass is 16.5. The number of rotatable bonds is 4. The summed E-state index contributed by atoms with van der Waals surface area (Å²) in [6.45, 7) is 2.08. The summed E-state index contributed by atoms with van der Waals surface area (Å²) >= 11 is 0. The molecule has 1 aromatic rings. The number of fused-ring (bicyclic) bond motifs is 1. The molecule has 6 heteroatoms. The zero-order valence-corrected chi connectivity index (χ0v) is 15.3. The highest BCUT2D eigenvalue weighted by Crippen LogP contribution is 2.54. The van der Waals surface area contributed by atoms with Crippen molar-refractivity contribution in [2.75, 3.05) is 19.6 Å². The Morgan fingerprint density at radius 1 is 1.33 bits per heavy atom. The van der Waals surface area contributed by atoms with Gasteiger partial charge < -0.3 is 15.0 Å². The number of nitrogens with zero attached hydrogens (tertiary/aromatic N) is 2. The fourth-order valence-electron chi connectivity index (χ4n) is 5.52. The van der Waals surface area contributed by atoms with Gasteiger partial charge >= 0.3 is 0 Å². The Balaban J connectivity index is 1.25. The van der Waals surface area contributed by atoms with Crippen LogP contribution >= 0.6 is 0 Å². The van der Waals surface area contributed by atoms with Crippen LogP contribution in [0.5, 0.6) is 0 Å². The molecule has 1 N–H and O–H groups in total. The van der Waals surface area contributed by atoms with Crippen molar-refractivity contribution in [3.8, 4) is 0 Å². The van der Waals surface area contributed by atoms with Crippen molar-refractivity contribution in [3.63, 3.8) is 0 Å². The van der Waals surface area contributed by atoms with Crippen LogP contribution in [0.1, 0.15) is 36.0 Å². The van der Waals surface area contributed by atoms with E-state index in [1.165, 1.54) is 0 Å². The van der Waals surface area contributed by atoms with Crippen molar-refractivity contribution in [1.29, 1.82) is 0 Å². The van der Waals surface area contributed by atoms with E-state index in [0.717, 1.165) is 38.8 Å². The van der Waals surface area contributed by atoms with Crippen molar-refractivity contribution in [1.82, 2.24) is 15.2 Å². The number of nitrogens with one attached hydrogen (secondary N) is 1. The minimum atomic E-state index is -0.184. The van der Waals surface area contributed by atoms with Crippen LogP contribution in [0.4, 0.5) is 0 Å². The lowest BCUT2D eigenvalue weighted by molar-refractivity contribution is -0.135. The summed E-state index contributed by atoms with van der Waals surface area (Å²) in [7, 11) is 0. The molecule has 1 aromatic heterocycles. The molecule has 3 aliphatic heterocycles. The van der Waals surface area contributed by atoms with E-state index in [1.807, 2.05) is 4.90 Å². The van der Waals surface area contributed by atoms with Crippen molar-refractivity contribution in [3.05, 3.63) is 42.2 Å². The number of carbonyl (C=O) groups is 2. The number of amides is 2. The van der Waals surface area contributed by atoms with Gasteiger partial charge in [0.05, 0.1) is 23.8 Å². The van der Waals surface area contributed by atoms with Gasteiger partial charge in [-0.3, -0.25) is 14.6 Å². The van der Waals surface area contributed by atoms with Gasteiger partial charge in [0.15, 0.2) is 0 Å². The fourth-order valence-corrected chi connectivity index (χ4v) is 5.52. The first kappa shape index (κ1) is 16.9. The molecular formula is C21H25N3O3.